The van der Waals surface area contributed by atoms with Crippen molar-refractivity contribution >= 4 is 27.7 Å². The highest BCUT2D eigenvalue weighted by Gasteiger charge is 2.12. The fourth-order valence-corrected chi connectivity index (χ4v) is 2.96. The topological polar surface area (TPSA) is 52.6 Å². The zero-order valence-corrected chi connectivity index (χ0v) is 17.9. The largest absolute Gasteiger partial charge is 0.494 e. The fourth-order valence-electron chi connectivity index (χ4n) is 2.69. The summed E-state index contributed by atoms with van der Waals surface area (Å²) < 4.78 is 11.7. The molecule has 0 heterocycles. The number of esters is 1. The van der Waals surface area contributed by atoms with Crippen molar-refractivity contribution < 1.29 is 19.1 Å². The van der Waals surface area contributed by atoms with Crippen LogP contribution in [0, 0.1) is 0 Å². The van der Waals surface area contributed by atoms with Crippen molar-refractivity contribution in [2.24, 2.45) is 0 Å². The van der Waals surface area contributed by atoms with Gasteiger partial charge in [0.1, 0.15) is 5.75 Å². The molecule has 5 heteroatoms. The summed E-state index contributed by atoms with van der Waals surface area (Å²) in [7, 11) is 0. The highest BCUT2D eigenvalue weighted by molar-refractivity contribution is 9.10. The second-order valence-electron chi connectivity index (χ2n) is 6.65. The number of rotatable bonds is 12. The van der Waals surface area contributed by atoms with Crippen LogP contribution in [0.15, 0.2) is 53.0 Å². The number of benzene rings is 2. The number of Topliss-reactive ketones (excluding diaryl/α,β-unsaturated/α-hetero) is 1. The third-order valence-electron chi connectivity index (χ3n) is 4.36. The molecule has 0 aliphatic heterocycles. The predicted octanol–water partition coefficient (Wildman–Crippen LogP) is 6.23. The average Bonchev–Trinajstić information content (AvgIpc) is 2.72. The lowest BCUT2D eigenvalue weighted by Crippen LogP contribution is -2.14. The Labute approximate surface area is 175 Å². The number of hydrogen-bond acceptors (Lipinski definition) is 4. The summed E-state index contributed by atoms with van der Waals surface area (Å²) in [6.45, 7) is 2.61. The van der Waals surface area contributed by atoms with Crippen LogP contribution in [0.4, 0.5) is 0 Å². The van der Waals surface area contributed by atoms with Crippen molar-refractivity contribution in [3.63, 3.8) is 0 Å². The predicted molar refractivity (Wildman–Crippen MR) is 114 cm³/mol. The number of hydrogen-bond donors (Lipinski definition) is 0. The van der Waals surface area contributed by atoms with Crippen molar-refractivity contribution in [1.82, 2.24) is 0 Å². The van der Waals surface area contributed by atoms with Gasteiger partial charge in [-0.2, -0.15) is 0 Å². The Balaban J connectivity index is 1.71. The minimum atomic E-state index is -0.520. The summed E-state index contributed by atoms with van der Waals surface area (Å²) >= 11 is 3.32. The van der Waals surface area contributed by atoms with Gasteiger partial charge >= 0.3 is 5.97 Å². The first kappa shape index (κ1) is 22.2. The molecule has 150 valence electrons. The monoisotopic (exact) mass is 446 g/mol. The van der Waals surface area contributed by atoms with Crippen LogP contribution in [-0.4, -0.2) is 25.0 Å². The normalized spacial score (nSPS) is 10.5. The molecule has 0 saturated carbocycles. The van der Waals surface area contributed by atoms with Crippen LogP contribution in [-0.2, 0) is 4.74 Å². The Morgan fingerprint density at radius 2 is 1.43 bits per heavy atom. The molecular weight excluding hydrogens is 420 g/mol. The van der Waals surface area contributed by atoms with Gasteiger partial charge in [0.25, 0.3) is 0 Å². The smallest absolute Gasteiger partial charge is 0.338 e. The quantitative estimate of drug-likeness (QED) is 0.220. The average molecular weight is 447 g/mol. The maximum absolute atomic E-state index is 12.1. The molecule has 0 aliphatic rings. The molecule has 0 saturated heterocycles. The van der Waals surface area contributed by atoms with E-state index in [-0.39, 0.29) is 12.4 Å². The van der Waals surface area contributed by atoms with Gasteiger partial charge in [0, 0.05) is 10.0 Å². The number of carbonyl (C=O) groups is 2. The molecule has 4 nitrogen and oxygen atoms in total. The van der Waals surface area contributed by atoms with Gasteiger partial charge < -0.3 is 9.47 Å². The Hall–Kier alpha value is -2.14. The molecule has 2 aromatic rings. The molecule has 0 radical (unpaired) electrons. The van der Waals surface area contributed by atoms with Crippen LogP contribution in [0.1, 0.15) is 66.2 Å². The lowest BCUT2D eigenvalue weighted by atomic mass is 10.1. The standard InChI is InChI=1S/C23H27BrO4/c1-2-3-4-5-6-7-16-27-21-14-10-19(11-15-21)23(26)28-17-22(25)18-8-12-20(24)13-9-18/h8-15H,2-7,16-17H2,1H3. The lowest BCUT2D eigenvalue weighted by molar-refractivity contribution is 0.0474. The molecule has 0 aromatic heterocycles. The molecule has 0 spiro atoms. The van der Waals surface area contributed by atoms with Gasteiger partial charge in [-0.3, -0.25) is 4.79 Å². The highest BCUT2D eigenvalue weighted by Crippen LogP contribution is 2.15. The maximum Gasteiger partial charge on any atom is 0.338 e. The van der Waals surface area contributed by atoms with Crippen LogP contribution >= 0.6 is 15.9 Å². The number of carbonyl (C=O) groups excluding carboxylic acids is 2. The first-order valence-corrected chi connectivity index (χ1v) is 10.6. The van der Waals surface area contributed by atoms with Crippen molar-refractivity contribution in [1.29, 1.82) is 0 Å². The summed E-state index contributed by atoms with van der Waals surface area (Å²) in [5, 5.41) is 0. The van der Waals surface area contributed by atoms with Gasteiger partial charge in [0.15, 0.2) is 12.4 Å². The van der Waals surface area contributed by atoms with Crippen LogP contribution in [0.2, 0.25) is 0 Å². The molecule has 0 aliphatic carbocycles. The summed E-state index contributed by atoms with van der Waals surface area (Å²) in [5.41, 5.74) is 0.907. The summed E-state index contributed by atoms with van der Waals surface area (Å²) in [4.78, 5) is 24.2. The molecule has 28 heavy (non-hydrogen) atoms. The van der Waals surface area contributed by atoms with E-state index in [1.807, 2.05) is 0 Å². The Morgan fingerprint density at radius 3 is 2.11 bits per heavy atom. The van der Waals surface area contributed by atoms with Gasteiger partial charge in [-0.25, -0.2) is 4.79 Å². The van der Waals surface area contributed by atoms with Gasteiger partial charge in [-0.1, -0.05) is 67.1 Å². The Kier molecular flexibility index (Phi) is 9.77. The fraction of sp³-hybridized carbons (Fsp3) is 0.391. The Bertz CT molecular complexity index is 738. The number of ketones is 1. The van der Waals surface area contributed by atoms with Crippen molar-refractivity contribution in [3.05, 3.63) is 64.1 Å². The van der Waals surface area contributed by atoms with E-state index in [1.165, 1.54) is 32.1 Å². The number of unbranched alkanes of at least 4 members (excludes halogenated alkanes) is 5. The van der Waals surface area contributed by atoms with Gasteiger partial charge in [-0.15, -0.1) is 0 Å². The first-order valence-electron chi connectivity index (χ1n) is 9.79. The molecule has 2 aromatic carbocycles. The molecule has 0 N–H and O–H groups in total. The van der Waals surface area contributed by atoms with Crippen LogP contribution < -0.4 is 4.74 Å². The number of halogens is 1. The van der Waals surface area contributed by atoms with E-state index < -0.39 is 5.97 Å². The summed E-state index contributed by atoms with van der Waals surface area (Å²) in [6.07, 6.45) is 7.30. The molecule has 0 atom stereocenters. The SMILES string of the molecule is CCCCCCCCOc1ccc(C(=O)OCC(=O)c2ccc(Br)cc2)cc1. The second kappa shape index (κ2) is 12.3. The Morgan fingerprint density at radius 1 is 0.821 bits per heavy atom. The minimum Gasteiger partial charge on any atom is -0.494 e. The van der Waals surface area contributed by atoms with E-state index in [9.17, 15) is 9.59 Å². The highest BCUT2D eigenvalue weighted by atomic mass is 79.9. The van der Waals surface area contributed by atoms with E-state index in [0.29, 0.717) is 17.7 Å². The number of ether oxygens (including phenoxy) is 2. The molecule has 2 rings (SSSR count). The van der Waals surface area contributed by atoms with E-state index >= 15 is 0 Å². The van der Waals surface area contributed by atoms with Crippen LogP contribution in [0.25, 0.3) is 0 Å². The van der Waals surface area contributed by atoms with E-state index in [1.54, 1.807) is 48.5 Å². The summed E-state index contributed by atoms with van der Waals surface area (Å²) in [5.74, 6) is -0.0243. The summed E-state index contributed by atoms with van der Waals surface area (Å²) in [6, 6.07) is 13.8. The van der Waals surface area contributed by atoms with Crippen molar-refractivity contribution in [3.8, 4) is 5.75 Å². The lowest BCUT2D eigenvalue weighted by Gasteiger charge is -2.08. The van der Waals surface area contributed by atoms with Crippen molar-refractivity contribution in [2.45, 2.75) is 45.4 Å². The first-order chi connectivity index (χ1) is 13.6. The van der Waals surface area contributed by atoms with E-state index in [4.69, 9.17) is 9.47 Å². The van der Waals surface area contributed by atoms with E-state index in [2.05, 4.69) is 22.9 Å². The third-order valence-corrected chi connectivity index (χ3v) is 4.89. The van der Waals surface area contributed by atoms with Crippen molar-refractivity contribution in [2.75, 3.05) is 13.2 Å². The van der Waals surface area contributed by atoms with Crippen LogP contribution in [0.3, 0.4) is 0 Å². The van der Waals surface area contributed by atoms with E-state index in [0.717, 1.165) is 16.6 Å². The molecule has 0 bridgehead atoms. The zero-order valence-electron chi connectivity index (χ0n) is 16.3. The second-order valence-corrected chi connectivity index (χ2v) is 7.56. The minimum absolute atomic E-state index is 0.236. The zero-order chi connectivity index (χ0) is 20.2. The molecule has 0 fully saturated rings. The molecular formula is C23H27BrO4. The maximum atomic E-state index is 12.1. The molecule has 0 unspecified atom stereocenters. The molecule has 0 amide bonds. The van der Waals surface area contributed by atoms with Crippen LogP contribution in [0.5, 0.6) is 5.75 Å². The third kappa shape index (κ3) is 7.85. The van der Waals surface area contributed by atoms with Gasteiger partial charge in [0.05, 0.1) is 12.2 Å². The van der Waals surface area contributed by atoms with Gasteiger partial charge in [-0.05, 0) is 42.8 Å². The van der Waals surface area contributed by atoms with Gasteiger partial charge in [0.2, 0.25) is 0 Å².